The minimum Gasteiger partial charge on any atom is -0.370 e. The van der Waals surface area contributed by atoms with Crippen molar-refractivity contribution in [1.82, 2.24) is 9.97 Å². The first-order chi connectivity index (χ1) is 8.45. The van der Waals surface area contributed by atoms with Crippen LogP contribution in [0.1, 0.15) is 13.3 Å². The van der Waals surface area contributed by atoms with Gasteiger partial charge in [0.2, 0.25) is 17.5 Å². The van der Waals surface area contributed by atoms with Gasteiger partial charge in [0.1, 0.15) is 6.33 Å². The van der Waals surface area contributed by atoms with E-state index in [2.05, 4.69) is 20.6 Å². The molecule has 0 saturated carbocycles. The summed E-state index contributed by atoms with van der Waals surface area (Å²) in [4.78, 5) is 28.7. The number of nitrogens with one attached hydrogen (secondary N) is 2. The van der Waals surface area contributed by atoms with Crippen molar-refractivity contribution < 1.29 is 9.72 Å². The third-order valence-electron chi connectivity index (χ3n) is 2.13. The predicted molar refractivity (Wildman–Crippen MR) is 65.1 cm³/mol. The summed E-state index contributed by atoms with van der Waals surface area (Å²) in [7, 11) is 1.52. The van der Waals surface area contributed by atoms with Gasteiger partial charge in [-0.15, -0.1) is 0 Å². The smallest absolute Gasteiger partial charge is 0.353 e. The first kappa shape index (κ1) is 13.6. The first-order valence-corrected chi connectivity index (χ1v) is 5.17. The minimum absolute atomic E-state index is 0.0492. The highest BCUT2D eigenvalue weighted by atomic mass is 16.6. The van der Waals surface area contributed by atoms with Gasteiger partial charge in [0.15, 0.2) is 0 Å². The maximum Gasteiger partial charge on any atom is 0.353 e. The normalized spacial score (nSPS) is 11.7. The van der Waals surface area contributed by atoms with Gasteiger partial charge in [0.05, 0.1) is 4.92 Å². The Hall–Kier alpha value is -2.45. The number of primary amides is 1. The molecule has 0 saturated heterocycles. The lowest BCUT2D eigenvalue weighted by Gasteiger charge is -2.13. The quantitative estimate of drug-likeness (QED) is 0.483. The Morgan fingerprint density at radius 1 is 1.56 bits per heavy atom. The summed E-state index contributed by atoms with van der Waals surface area (Å²) in [5.41, 5.74) is 4.78. The Kier molecular flexibility index (Phi) is 4.35. The standard InChI is InChI=1S/C9H14N6O3/c1-5(3-6(10)16)14-9-7(15(17)18)8(11-2)12-4-13-9/h4-5H,3H2,1-2H3,(H2,10,16)(H2,11,12,13,14). The second-order valence-electron chi connectivity index (χ2n) is 3.64. The zero-order valence-electron chi connectivity index (χ0n) is 10.0. The number of nitro groups is 1. The summed E-state index contributed by atoms with van der Waals surface area (Å²) in [6.07, 6.45) is 1.24. The van der Waals surface area contributed by atoms with E-state index in [0.717, 1.165) is 0 Å². The van der Waals surface area contributed by atoms with Crippen LogP contribution in [0.15, 0.2) is 6.33 Å². The van der Waals surface area contributed by atoms with Crippen LogP contribution in [-0.2, 0) is 4.79 Å². The molecule has 0 bridgehead atoms. The molecule has 1 amide bonds. The lowest BCUT2D eigenvalue weighted by molar-refractivity contribution is -0.383. The van der Waals surface area contributed by atoms with Gasteiger partial charge in [-0.3, -0.25) is 14.9 Å². The Labute approximate surface area is 103 Å². The number of rotatable bonds is 6. The van der Waals surface area contributed by atoms with Crippen molar-refractivity contribution in [3.63, 3.8) is 0 Å². The molecule has 0 spiro atoms. The molecule has 0 aliphatic rings. The summed E-state index contributed by atoms with van der Waals surface area (Å²) in [6, 6.07) is -0.360. The van der Waals surface area contributed by atoms with Gasteiger partial charge in [-0.25, -0.2) is 9.97 Å². The molecule has 0 aromatic carbocycles. The number of hydrogen-bond donors (Lipinski definition) is 3. The van der Waals surface area contributed by atoms with Gasteiger partial charge in [0, 0.05) is 19.5 Å². The predicted octanol–water partition coefficient (Wildman–Crippen LogP) is 0.102. The lowest BCUT2D eigenvalue weighted by atomic mass is 10.2. The zero-order valence-corrected chi connectivity index (χ0v) is 10.0. The van der Waals surface area contributed by atoms with Gasteiger partial charge >= 0.3 is 5.69 Å². The van der Waals surface area contributed by atoms with E-state index in [1.165, 1.54) is 13.4 Å². The topological polar surface area (TPSA) is 136 Å². The molecule has 1 aromatic heterocycles. The molecule has 1 unspecified atom stereocenters. The molecule has 0 aliphatic carbocycles. The zero-order chi connectivity index (χ0) is 13.7. The minimum atomic E-state index is -0.592. The van der Waals surface area contributed by atoms with Crippen molar-refractivity contribution in [3.05, 3.63) is 16.4 Å². The van der Waals surface area contributed by atoms with E-state index < -0.39 is 10.8 Å². The van der Waals surface area contributed by atoms with Gasteiger partial charge in [-0.2, -0.15) is 0 Å². The van der Waals surface area contributed by atoms with E-state index in [9.17, 15) is 14.9 Å². The molecule has 9 nitrogen and oxygen atoms in total. The SMILES string of the molecule is CNc1ncnc(NC(C)CC(N)=O)c1[N+](=O)[O-]. The van der Waals surface area contributed by atoms with Crippen LogP contribution in [0.3, 0.4) is 0 Å². The molecule has 1 heterocycles. The van der Waals surface area contributed by atoms with Crippen molar-refractivity contribution in [2.24, 2.45) is 5.73 Å². The van der Waals surface area contributed by atoms with Crippen molar-refractivity contribution in [1.29, 1.82) is 0 Å². The molecule has 0 fully saturated rings. The van der Waals surface area contributed by atoms with Crippen molar-refractivity contribution in [2.45, 2.75) is 19.4 Å². The molecule has 1 rings (SSSR count). The fraction of sp³-hybridized carbons (Fsp3) is 0.444. The summed E-state index contributed by atoms with van der Waals surface area (Å²) < 4.78 is 0. The Morgan fingerprint density at radius 2 is 2.17 bits per heavy atom. The third-order valence-corrected chi connectivity index (χ3v) is 2.13. The van der Waals surface area contributed by atoms with Crippen LogP contribution in [0.4, 0.5) is 17.3 Å². The number of nitrogens with two attached hydrogens (primary N) is 1. The number of amides is 1. The largest absolute Gasteiger partial charge is 0.370 e. The van der Waals surface area contributed by atoms with Gasteiger partial charge in [-0.05, 0) is 6.92 Å². The van der Waals surface area contributed by atoms with Gasteiger partial charge < -0.3 is 16.4 Å². The maximum absolute atomic E-state index is 11.0. The summed E-state index contributed by atoms with van der Waals surface area (Å²) in [5.74, 6) is -0.350. The molecule has 0 aliphatic heterocycles. The summed E-state index contributed by atoms with van der Waals surface area (Å²) in [5, 5.41) is 16.3. The number of carbonyl (C=O) groups is 1. The van der Waals surface area contributed by atoms with Crippen LogP contribution < -0.4 is 16.4 Å². The molecular formula is C9H14N6O3. The molecule has 4 N–H and O–H groups in total. The highest BCUT2D eigenvalue weighted by molar-refractivity contribution is 5.75. The van der Waals surface area contributed by atoms with E-state index >= 15 is 0 Å². The van der Waals surface area contributed by atoms with Crippen LogP contribution in [0.2, 0.25) is 0 Å². The molecule has 1 aromatic rings. The van der Waals surface area contributed by atoms with Gasteiger partial charge in [0.25, 0.3) is 0 Å². The average Bonchev–Trinajstić information content (AvgIpc) is 2.26. The number of hydrogen-bond acceptors (Lipinski definition) is 7. The molecule has 98 valence electrons. The van der Waals surface area contributed by atoms with Crippen LogP contribution in [-0.4, -0.2) is 33.9 Å². The summed E-state index contributed by atoms with van der Waals surface area (Å²) >= 11 is 0. The van der Waals surface area contributed by atoms with E-state index in [-0.39, 0.29) is 29.8 Å². The van der Waals surface area contributed by atoms with Crippen LogP contribution in [0, 0.1) is 10.1 Å². The number of nitrogens with zero attached hydrogens (tertiary/aromatic N) is 3. The van der Waals surface area contributed by atoms with Crippen molar-refractivity contribution in [3.8, 4) is 0 Å². The van der Waals surface area contributed by atoms with Crippen LogP contribution >= 0.6 is 0 Å². The molecular weight excluding hydrogens is 240 g/mol. The fourth-order valence-corrected chi connectivity index (χ4v) is 1.43. The number of anilines is 2. The van der Waals surface area contributed by atoms with Crippen LogP contribution in [0.5, 0.6) is 0 Å². The Bertz CT molecular complexity index is 464. The monoisotopic (exact) mass is 254 g/mol. The fourth-order valence-electron chi connectivity index (χ4n) is 1.43. The summed E-state index contributed by atoms with van der Waals surface area (Å²) in [6.45, 7) is 1.68. The highest BCUT2D eigenvalue weighted by Gasteiger charge is 2.23. The Morgan fingerprint density at radius 3 is 2.67 bits per heavy atom. The molecule has 0 radical (unpaired) electrons. The van der Waals surface area contributed by atoms with Gasteiger partial charge in [-0.1, -0.05) is 0 Å². The maximum atomic E-state index is 11.0. The van der Waals surface area contributed by atoms with Crippen molar-refractivity contribution >= 4 is 23.2 Å². The van der Waals surface area contributed by atoms with Crippen molar-refractivity contribution in [2.75, 3.05) is 17.7 Å². The van der Waals surface area contributed by atoms with Crippen LogP contribution in [0.25, 0.3) is 0 Å². The first-order valence-electron chi connectivity index (χ1n) is 5.17. The third kappa shape index (κ3) is 3.27. The second-order valence-corrected chi connectivity index (χ2v) is 3.64. The molecule has 1 atom stereocenters. The second kappa shape index (κ2) is 5.75. The highest BCUT2D eigenvalue weighted by Crippen LogP contribution is 2.28. The number of aromatic nitrogens is 2. The Balaban J connectivity index is 3.01. The van der Waals surface area contributed by atoms with E-state index in [4.69, 9.17) is 5.73 Å². The molecule has 9 heteroatoms. The lowest BCUT2D eigenvalue weighted by Crippen LogP contribution is -2.25. The van der Waals surface area contributed by atoms with E-state index in [1.807, 2.05) is 0 Å². The number of carbonyl (C=O) groups excluding carboxylic acids is 1. The van der Waals surface area contributed by atoms with E-state index in [1.54, 1.807) is 6.92 Å². The molecule has 18 heavy (non-hydrogen) atoms. The average molecular weight is 254 g/mol. The van der Waals surface area contributed by atoms with E-state index in [0.29, 0.717) is 0 Å².